The fourth-order valence-corrected chi connectivity index (χ4v) is 2.91. The van der Waals surface area contributed by atoms with Gasteiger partial charge >= 0.3 is 0 Å². The lowest BCUT2D eigenvalue weighted by Crippen LogP contribution is -2.37. The third-order valence-electron chi connectivity index (χ3n) is 4.05. The summed E-state index contributed by atoms with van der Waals surface area (Å²) in [5, 5.41) is 0. The first kappa shape index (κ1) is 12.6. The first-order valence-electron chi connectivity index (χ1n) is 7.43. The molecule has 2 aliphatic heterocycles. The Bertz CT molecular complexity index is 625. The summed E-state index contributed by atoms with van der Waals surface area (Å²) >= 11 is 0. The zero-order chi connectivity index (χ0) is 14.1. The molecule has 0 aliphatic carbocycles. The summed E-state index contributed by atoms with van der Waals surface area (Å²) in [5.74, 6) is 1.87. The van der Waals surface area contributed by atoms with E-state index in [2.05, 4.69) is 39.0 Å². The molecule has 3 heterocycles. The van der Waals surface area contributed by atoms with E-state index in [1.165, 1.54) is 11.3 Å². The molecule has 1 fully saturated rings. The third kappa shape index (κ3) is 2.34. The van der Waals surface area contributed by atoms with Crippen LogP contribution in [0.1, 0.15) is 5.56 Å². The molecule has 1 saturated heterocycles. The monoisotopic (exact) mass is 282 g/mol. The number of hydrogen-bond donors (Lipinski definition) is 0. The van der Waals surface area contributed by atoms with Gasteiger partial charge < -0.3 is 14.5 Å². The van der Waals surface area contributed by atoms with E-state index in [9.17, 15) is 0 Å². The summed E-state index contributed by atoms with van der Waals surface area (Å²) in [7, 11) is 0. The molecule has 0 amide bonds. The summed E-state index contributed by atoms with van der Waals surface area (Å²) in [6.45, 7) is 4.21. The fraction of sp³-hybridized carbons (Fsp3) is 0.375. The molecule has 0 unspecified atom stereocenters. The Hall–Kier alpha value is -2.14. The molecule has 108 valence electrons. The minimum atomic E-state index is 0.753. The van der Waals surface area contributed by atoms with Crippen LogP contribution >= 0.6 is 0 Å². The van der Waals surface area contributed by atoms with Gasteiger partial charge in [-0.25, -0.2) is 4.98 Å². The van der Waals surface area contributed by atoms with Gasteiger partial charge in [-0.3, -0.25) is 0 Å². The van der Waals surface area contributed by atoms with Gasteiger partial charge in [-0.05, 0) is 18.6 Å². The normalized spacial score (nSPS) is 17.9. The first-order valence-corrected chi connectivity index (χ1v) is 7.43. The molecule has 0 radical (unpaired) electrons. The van der Waals surface area contributed by atoms with Gasteiger partial charge in [-0.1, -0.05) is 18.2 Å². The number of anilines is 3. The summed E-state index contributed by atoms with van der Waals surface area (Å²) < 4.78 is 5.40. The molecule has 0 bridgehead atoms. The highest BCUT2D eigenvalue weighted by atomic mass is 16.5. The van der Waals surface area contributed by atoms with Crippen molar-refractivity contribution in [3.05, 3.63) is 42.1 Å². The van der Waals surface area contributed by atoms with E-state index in [1.807, 2.05) is 12.3 Å². The Labute approximate surface area is 124 Å². The smallest absolute Gasteiger partial charge is 0.227 e. The zero-order valence-electron chi connectivity index (χ0n) is 11.9. The summed E-state index contributed by atoms with van der Waals surface area (Å²) in [6.07, 6.45) is 2.99. The highest BCUT2D eigenvalue weighted by Gasteiger charge is 2.24. The number of rotatable bonds is 2. The van der Waals surface area contributed by atoms with Crippen LogP contribution in [0.25, 0.3) is 0 Å². The zero-order valence-corrected chi connectivity index (χ0v) is 11.9. The maximum atomic E-state index is 5.40. The van der Waals surface area contributed by atoms with Gasteiger partial charge in [0.05, 0.1) is 13.2 Å². The van der Waals surface area contributed by atoms with Crippen LogP contribution in [0.2, 0.25) is 0 Å². The number of ether oxygens (including phenoxy) is 1. The predicted molar refractivity (Wildman–Crippen MR) is 82.2 cm³/mol. The number of morpholine rings is 1. The Morgan fingerprint density at radius 1 is 1.00 bits per heavy atom. The lowest BCUT2D eigenvalue weighted by molar-refractivity contribution is 0.122. The van der Waals surface area contributed by atoms with Crippen LogP contribution < -0.4 is 9.80 Å². The standard InChI is InChI=1S/C16H18N4O/c1-2-4-14(5-3-1)20-7-6-13-12-17-16(18-15(13)20)19-8-10-21-11-9-19/h1-5,12H,6-11H2. The van der Waals surface area contributed by atoms with Gasteiger partial charge in [0.15, 0.2) is 0 Å². The van der Waals surface area contributed by atoms with Crippen LogP contribution in [-0.4, -0.2) is 42.8 Å². The van der Waals surface area contributed by atoms with Gasteiger partial charge in [0.25, 0.3) is 0 Å². The number of nitrogens with zero attached hydrogens (tertiary/aromatic N) is 4. The van der Waals surface area contributed by atoms with Gasteiger partial charge in [0.1, 0.15) is 5.82 Å². The number of aromatic nitrogens is 2. The van der Waals surface area contributed by atoms with E-state index in [4.69, 9.17) is 9.72 Å². The Balaban J connectivity index is 1.67. The Morgan fingerprint density at radius 3 is 2.62 bits per heavy atom. The van der Waals surface area contributed by atoms with E-state index in [0.29, 0.717) is 0 Å². The maximum absolute atomic E-state index is 5.40. The van der Waals surface area contributed by atoms with Crippen molar-refractivity contribution in [3.8, 4) is 0 Å². The minimum Gasteiger partial charge on any atom is -0.378 e. The van der Waals surface area contributed by atoms with Crippen LogP contribution in [0, 0.1) is 0 Å². The summed E-state index contributed by atoms with van der Waals surface area (Å²) in [5.41, 5.74) is 2.43. The number of fused-ring (bicyclic) bond motifs is 1. The molecular weight excluding hydrogens is 264 g/mol. The molecule has 0 N–H and O–H groups in total. The molecule has 4 rings (SSSR count). The van der Waals surface area contributed by atoms with Gasteiger partial charge in [0, 0.05) is 37.1 Å². The van der Waals surface area contributed by atoms with Crippen LogP contribution in [0.15, 0.2) is 36.5 Å². The summed E-state index contributed by atoms with van der Waals surface area (Å²) in [6, 6.07) is 10.4. The average Bonchev–Trinajstić information content (AvgIpc) is 2.99. The van der Waals surface area contributed by atoms with Crippen molar-refractivity contribution < 1.29 is 4.74 Å². The highest BCUT2D eigenvalue weighted by molar-refractivity contribution is 5.66. The van der Waals surface area contributed by atoms with Crippen molar-refractivity contribution in [2.75, 3.05) is 42.6 Å². The molecule has 2 aromatic rings. The van der Waals surface area contributed by atoms with Crippen LogP contribution in [0.3, 0.4) is 0 Å². The Kier molecular flexibility index (Phi) is 3.20. The topological polar surface area (TPSA) is 41.5 Å². The number of benzene rings is 1. The minimum absolute atomic E-state index is 0.753. The van der Waals surface area contributed by atoms with E-state index >= 15 is 0 Å². The van der Waals surface area contributed by atoms with Crippen LogP contribution in [-0.2, 0) is 11.2 Å². The van der Waals surface area contributed by atoms with Crippen molar-refractivity contribution in [3.63, 3.8) is 0 Å². The molecule has 2 aliphatic rings. The average molecular weight is 282 g/mol. The van der Waals surface area contributed by atoms with Crippen LogP contribution in [0.5, 0.6) is 0 Å². The lowest BCUT2D eigenvalue weighted by atomic mass is 10.3. The fourth-order valence-electron chi connectivity index (χ4n) is 2.91. The van der Waals surface area contributed by atoms with Crippen molar-refractivity contribution in [1.82, 2.24) is 9.97 Å². The largest absolute Gasteiger partial charge is 0.378 e. The molecule has 5 heteroatoms. The van der Waals surface area contributed by atoms with Crippen molar-refractivity contribution in [2.45, 2.75) is 6.42 Å². The van der Waals surface area contributed by atoms with Crippen LogP contribution in [0.4, 0.5) is 17.5 Å². The molecule has 0 saturated carbocycles. The SMILES string of the molecule is c1ccc(N2CCc3cnc(N4CCOCC4)nc32)cc1. The summed E-state index contributed by atoms with van der Waals surface area (Å²) in [4.78, 5) is 13.8. The van der Waals surface area contributed by atoms with Crippen molar-refractivity contribution in [1.29, 1.82) is 0 Å². The second-order valence-corrected chi connectivity index (χ2v) is 5.36. The molecule has 5 nitrogen and oxygen atoms in total. The van der Waals surface area contributed by atoms with Gasteiger partial charge in [-0.2, -0.15) is 4.98 Å². The van der Waals surface area contributed by atoms with Gasteiger partial charge in [-0.15, -0.1) is 0 Å². The van der Waals surface area contributed by atoms with E-state index < -0.39 is 0 Å². The van der Waals surface area contributed by atoms with Crippen molar-refractivity contribution >= 4 is 17.5 Å². The quantitative estimate of drug-likeness (QED) is 0.843. The molecule has 0 atom stereocenters. The van der Waals surface area contributed by atoms with Crippen molar-refractivity contribution in [2.24, 2.45) is 0 Å². The van der Waals surface area contributed by atoms with Gasteiger partial charge in [0.2, 0.25) is 5.95 Å². The lowest BCUT2D eigenvalue weighted by Gasteiger charge is -2.27. The molecule has 0 spiro atoms. The predicted octanol–water partition coefficient (Wildman–Crippen LogP) is 2.01. The maximum Gasteiger partial charge on any atom is 0.227 e. The Morgan fingerprint density at radius 2 is 1.81 bits per heavy atom. The number of hydrogen-bond acceptors (Lipinski definition) is 5. The molecule has 1 aromatic carbocycles. The highest BCUT2D eigenvalue weighted by Crippen LogP contribution is 2.33. The molecular formula is C16H18N4O. The number of para-hydroxylation sites is 1. The van der Waals surface area contributed by atoms with E-state index in [1.54, 1.807) is 0 Å². The second-order valence-electron chi connectivity index (χ2n) is 5.36. The van der Waals surface area contributed by atoms with E-state index in [0.717, 1.165) is 51.0 Å². The van der Waals surface area contributed by atoms with E-state index in [-0.39, 0.29) is 0 Å². The first-order chi connectivity index (χ1) is 10.4. The molecule has 21 heavy (non-hydrogen) atoms. The third-order valence-corrected chi connectivity index (χ3v) is 4.05. The second kappa shape index (κ2) is 5.33. The molecule has 1 aromatic heterocycles.